The van der Waals surface area contributed by atoms with Crippen LogP contribution < -0.4 is 19.8 Å². The lowest BCUT2D eigenvalue weighted by Gasteiger charge is -2.24. The first-order chi connectivity index (χ1) is 17.8. The number of ether oxygens (including phenoxy) is 1. The van der Waals surface area contributed by atoms with Gasteiger partial charge in [-0.25, -0.2) is 9.79 Å². The molecule has 1 unspecified atom stereocenters. The topological polar surface area (TPSA) is 124 Å². The molecule has 188 valence electrons. The summed E-state index contributed by atoms with van der Waals surface area (Å²) in [4.78, 5) is 57.8. The number of allylic oxidation sites excluding steroid dienone is 1. The first-order valence-electron chi connectivity index (χ1n) is 11.7. The summed E-state index contributed by atoms with van der Waals surface area (Å²) in [7, 11) is 0. The minimum Gasteiger partial charge on any atom is -0.463 e. The van der Waals surface area contributed by atoms with E-state index < -0.39 is 22.5 Å². The molecule has 0 saturated carbocycles. The largest absolute Gasteiger partial charge is 0.463 e. The van der Waals surface area contributed by atoms with Gasteiger partial charge in [-0.15, -0.1) is 0 Å². The molecule has 1 amide bonds. The van der Waals surface area contributed by atoms with Crippen molar-refractivity contribution >= 4 is 40.2 Å². The molecule has 5 rings (SSSR count). The molecule has 2 aliphatic rings. The number of hydrogen-bond acceptors (Lipinski definition) is 8. The molecule has 1 aromatic heterocycles. The highest BCUT2D eigenvalue weighted by atomic mass is 32.1. The predicted molar refractivity (Wildman–Crippen MR) is 137 cm³/mol. The monoisotopic (exact) mass is 518 g/mol. The highest BCUT2D eigenvalue weighted by Crippen LogP contribution is 2.35. The van der Waals surface area contributed by atoms with Crippen molar-refractivity contribution in [1.82, 2.24) is 4.57 Å². The van der Waals surface area contributed by atoms with Crippen LogP contribution in [0.15, 0.2) is 69.6 Å². The van der Waals surface area contributed by atoms with Crippen LogP contribution in [0.4, 0.5) is 11.4 Å². The normalized spacial score (nSPS) is 17.9. The number of carbonyl (C=O) groups excluding carboxylic acids is 2. The average Bonchev–Trinajstić information content (AvgIpc) is 3.35. The fourth-order valence-corrected chi connectivity index (χ4v) is 5.92. The standard InChI is InChI=1S/C26H22N4O6S/c1-4-28-18-12-7-6-11-17(18)20(23(28)31)22-24(32)29-21(15-9-8-10-16(13-15)30(34)35)19(25(33)36-5-2)14(3)27-26(29)37-22/h6-13,21H,4-5H2,1-3H3/b22-20-. The fourth-order valence-electron chi connectivity index (χ4n) is 4.78. The molecule has 3 aromatic rings. The Morgan fingerprint density at radius 2 is 1.92 bits per heavy atom. The van der Waals surface area contributed by atoms with E-state index in [1.54, 1.807) is 36.9 Å². The van der Waals surface area contributed by atoms with Crippen molar-refractivity contribution < 1.29 is 19.2 Å². The molecule has 0 saturated heterocycles. The van der Waals surface area contributed by atoms with Crippen molar-refractivity contribution in [1.29, 1.82) is 0 Å². The van der Waals surface area contributed by atoms with E-state index in [1.165, 1.54) is 22.8 Å². The number of benzene rings is 2. The second-order valence-corrected chi connectivity index (χ2v) is 9.39. The number of fused-ring (bicyclic) bond motifs is 2. The summed E-state index contributed by atoms with van der Waals surface area (Å²) < 4.78 is 6.79. The number of thiazole rings is 1. The average molecular weight is 519 g/mol. The van der Waals surface area contributed by atoms with Crippen LogP contribution >= 0.6 is 11.3 Å². The van der Waals surface area contributed by atoms with Gasteiger partial charge in [0.05, 0.1) is 40.1 Å². The highest BCUT2D eigenvalue weighted by molar-refractivity contribution is 7.07. The second-order valence-electron chi connectivity index (χ2n) is 8.42. The van der Waals surface area contributed by atoms with Gasteiger partial charge in [0.15, 0.2) is 4.80 Å². The molecular formula is C26H22N4O6S. The van der Waals surface area contributed by atoms with Crippen molar-refractivity contribution in [3.63, 3.8) is 0 Å². The number of rotatable bonds is 5. The number of anilines is 1. The van der Waals surface area contributed by atoms with E-state index in [1.807, 2.05) is 19.1 Å². The maximum Gasteiger partial charge on any atom is 0.338 e. The zero-order valence-electron chi connectivity index (χ0n) is 20.3. The molecule has 10 nitrogen and oxygen atoms in total. The maximum atomic E-state index is 14.0. The second kappa shape index (κ2) is 9.25. The number of likely N-dealkylation sites (N-methyl/N-ethyl adjacent to an activating group) is 1. The third-order valence-corrected chi connectivity index (χ3v) is 7.41. The Labute approximate surface area is 214 Å². The number of esters is 1. The first-order valence-corrected chi connectivity index (χ1v) is 12.5. The Balaban J connectivity index is 1.84. The van der Waals surface area contributed by atoms with E-state index in [-0.39, 0.29) is 38.7 Å². The van der Waals surface area contributed by atoms with E-state index in [0.717, 1.165) is 17.0 Å². The van der Waals surface area contributed by atoms with Crippen molar-refractivity contribution in [2.75, 3.05) is 18.1 Å². The number of nitro benzene ring substituents is 1. The molecule has 0 bridgehead atoms. The van der Waals surface area contributed by atoms with Gasteiger partial charge >= 0.3 is 5.97 Å². The van der Waals surface area contributed by atoms with Crippen LogP contribution in [-0.4, -0.2) is 34.5 Å². The molecule has 3 heterocycles. The number of nitrogens with zero attached hydrogens (tertiary/aromatic N) is 4. The van der Waals surface area contributed by atoms with Gasteiger partial charge in [-0.3, -0.25) is 24.3 Å². The molecule has 37 heavy (non-hydrogen) atoms. The Kier molecular flexibility index (Phi) is 6.08. The number of aromatic nitrogens is 1. The van der Waals surface area contributed by atoms with Gasteiger partial charge in [-0.2, -0.15) is 0 Å². The van der Waals surface area contributed by atoms with Gasteiger partial charge in [-0.1, -0.05) is 41.7 Å². The maximum absolute atomic E-state index is 14.0. The highest BCUT2D eigenvalue weighted by Gasteiger charge is 2.37. The van der Waals surface area contributed by atoms with Crippen LogP contribution in [0.5, 0.6) is 0 Å². The Morgan fingerprint density at radius 1 is 1.16 bits per heavy atom. The third-order valence-electron chi connectivity index (χ3n) is 6.36. The first kappa shape index (κ1) is 24.3. The lowest BCUT2D eigenvalue weighted by Crippen LogP contribution is -2.41. The smallest absolute Gasteiger partial charge is 0.338 e. The zero-order chi connectivity index (χ0) is 26.4. The molecule has 2 aromatic carbocycles. The molecule has 0 aliphatic carbocycles. The van der Waals surface area contributed by atoms with Gasteiger partial charge in [0.2, 0.25) is 0 Å². The van der Waals surface area contributed by atoms with Crippen LogP contribution in [0.3, 0.4) is 0 Å². The molecular weight excluding hydrogens is 496 g/mol. The number of amides is 1. The lowest BCUT2D eigenvalue weighted by molar-refractivity contribution is -0.384. The van der Waals surface area contributed by atoms with Crippen molar-refractivity contribution in [3.8, 4) is 0 Å². The summed E-state index contributed by atoms with van der Waals surface area (Å²) in [6, 6.07) is 12.0. The molecule has 0 spiro atoms. The fraction of sp³-hybridized carbons (Fsp3) is 0.231. The van der Waals surface area contributed by atoms with E-state index in [2.05, 4.69) is 4.99 Å². The van der Waals surface area contributed by atoms with Crippen LogP contribution in [0.1, 0.15) is 37.9 Å². The summed E-state index contributed by atoms with van der Waals surface area (Å²) in [6.45, 7) is 5.68. The van der Waals surface area contributed by atoms with E-state index in [9.17, 15) is 24.5 Å². The van der Waals surface area contributed by atoms with Gasteiger partial charge < -0.3 is 9.64 Å². The summed E-state index contributed by atoms with van der Waals surface area (Å²) >= 11 is 1.06. The van der Waals surface area contributed by atoms with Crippen molar-refractivity contribution in [2.24, 2.45) is 4.99 Å². The SMILES string of the molecule is CCOC(=O)C1=C(C)N=c2s/c(=C3\C(=O)N(CC)c4ccccc43)c(=O)n2C1c1cccc([N+](=O)[O-])c1. The van der Waals surface area contributed by atoms with Crippen LogP contribution in [0.25, 0.3) is 5.57 Å². The summed E-state index contributed by atoms with van der Waals surface area (Å²) in [5, 5.41) is 11.5. The number of non-ortho nitro benzene ring substituents is 1. The number of hydrogen-bond donors (Lipinski definition) is 0. The minimum absolute atomic E-state index is 0.101. The lowest BCUT2D eigenvalue weighted by atomic mass is 9.95. The third kappa shape index (κ3) is 3.78. The van der Waals surface area contributed by atoms with Gasteiger partial charge in [0.1, 0.15) is 4.53 Å². The summed E-state index contributed by atoms with van der Waals surface area (Å²) in [5.74, 6) is -0.958. The van der Waals surface area contributed by atoms with Crippen LogP contribution in [-0.2, 0) is 14.3 Å². The van der Waals surface area contributed by atoms with E-state index >= 15 is 0 Å². The Bertz CT molecular complexity index is 1700. The summed E-state index contributed by atoms with van der Waals surface area (Å²) in [5.41, 5.74) is 1.75. The molecule has 2 aliphatic heterocycles. The number of nitro groups is 1. The Morgan fingerprint density at radius 3 is 2.62 bits per heavy atom. The van der Waals surface area contributed by atoms with Crippen molar-refractivity contribution in [2.45, 2.75) is 26.8 Å². The van der Waals surface area contributed by atoms with Gasteiger partial charge in [-0.05, 0) is 32.4 Å². The Hall–Kier alpha value is -4.38. The quantitative estimate of drug-likeness (QED) is 0.290. The molecule has 0 fully saturated rings. The van der Waals surface area contributed by atoms with E-state index in [0.29, 0.717) is 23.4 Å². The van der Waals surface area contributed by atoms with E-state index in [4.69, 9.17) is 4.74 Å². The minimum atomic E-state index is -1.02. The van der Waals surface area contributed by atoms with Gasteiger partial charge in [0, 0.05) is 24.2 Å². The van der Waals surface area contributed by atoms with Crippen LogP contribution in [0, 0.1) is 10.1 Å². The molecule has 0 radical (unpaired) electrons. The molecule has 11 heteroatoms. The van der Waals surface area contributed by atoms with Crippen LogP contribution in [0.2, 0.25) is 0 Å². The molecule has 0 N–H and O–H groups in total. The number of para-hydroxylation sites is 1. The van der Waals surface area contributed by atoms with Crippen molar-refractivity contribution in [3.05, 3.63) is 101 Å². The number of carbonyl (C=O) groups is 2. The predicted octanol–water partition coefficient (Wildman–Crippen LogP) is 2.44. The molecule has 1 atom stereocenters. The zero-order valence-corrected chi connectivity index (χ0v) is 21.1. The summed E-state index contributed by atoms with van der Waals surface area (Å²) in [6.07, 6.45) is 0. The van der Waals surface area contributed by atoms with Gasteiger partial charge in [0.25, 0.3) is 17.2 Å².